The summed E-state index contributed by atoms with van der Waals surface area (Å²) in [5, 5.41) is 9.50. The van der Waals surface area contributed by atoms with Crippen molar-refractivity contribution in [3.63, 3.8) is 0 Å². The fourth-order valence-electron chi connectivity index (χ4n) is 4.84. The van der Waals surface area contributed by atoms with E-state index >= 15 is 0 Å². The number of carbonyl (C=O) groups is 1. The van der Waals surface area contributed by atoms with Crippen LogP contribution in [0.2, 0.25) is 0 Å². The van der Waals surface area contributed by atoms with Crippen LogP contribution in [0, 0.1) is 13.8 Å². The van der Waals surface area contributed by atoms with E-state index in [-0.39, 0.29) is 5.91 Å². The molecule has 4 aromatic rings. The second-order valence-corrected chi connectivity index (χ2v) is 10.0. The highest BCUT2D eigenvalue weighted by Gasteiger charge is 2.37. The standard InChI is InChI=1S/C25H26N6O2S/c1-15-10-16(2)20-19(11-15)21(29-28-20)24-27-22(23(34-24)17-4-3-5-26-12-17)25(32)31-13-18(14-31)30-6-8-33-9-7-30/h3-5,10-12,18H,6-9,13-14H2,1-2H3,(H,28,29). The first-order valence-electron chi connectivity index (χ1n) is 11.6. The Morgan fingerprint density at radius 3 is 2.79 bits per heavy atom. The summed E-state index contributed by atoms with van der Waals surface area (Å²) < 4.78 is 5.47. The van der Waals surface area contributed by atoms with Gasteiger partial charge in [-0.1, -0.05) is 17.7 Å². The van der Waals surface area contributed by atoms with E-state index in [1.807, 2.05) is 17.0 Å². The maximum atomic E-state index is 13.6. The maximum Gasteiger partial charge on any atom is 0.274 e. The second-order valence-electron chi connectivity index (χ2n) is 9.03. The monoisotopic (exact) mass is 474 g/mol. The fourth-order valence-corrected chi connectivity index (χ4v) is 5.90. The molecule has 1 aromatic carbocycles. The third-order valence-electron chi connectivity index (χ3n) is 6.67. The van der Waals surface area contributed by atoms with Crippen LogP contribution in [-0.4, -0.2) is 81.3 Å². The zero-order valence-electron chi connectivity index (χ0n) is 19.2. The number of ether oxygens (including phenoxy) is 1. The maximum absolute atomic E-state index is 13.6. The van der Waals surface area contributed by atoms with Crippen molar-refractivity contribution in [1.29, 1.82) is 0 Å². The molecule has 9 heteroatoms. The molecule has 3 aromatic heterocycles. The van der Waals surface area contributed by atoms with Crippen molar-refractivity contribution in [1.82, 2.24) is 30.0 Å². The zero-order chi connectivity index (χ0) is 23.2. The predicted octanol–water partition coefficient (Wildman–Crippen LogP) is 3.52. The van der Waals surface area contributed by atoms with E-state index in [0.717, 1.165) is 77.0 Å². The van der Waals surface area contributed by atoms with Crippen LogP contribution in [0.5, 0.6) is 0 Å². The van der Waals surface area contributed by atoms with E-state index in [9.17, 15) is 4.79 Å². The average molecular weight is 475 g/mol. The molecule has 0 radical (unpaired) electrons. The third-order valence-corrected chi connectivity index (χ3v) is 7.79. The Kier molecular flexibility index (Phi) is 5.40. The van der Waals surface area contributed by atoms with Crippen LogP contribution in [0.3, 0.4) is 0 Å². The highest BCUT2D eigenvalue weighted by atomic mass is 32.1. The van der Waals surface area contributed by atoms with E-state index < -0.39 is 0 Å². The van der Waals surface area contributed by atoms with Gasteiger partial charge in [0.1, 0.15) is 16.4 Å². The number of benzene rings is 1. The quantitative estimate of drug-likeness (QED) is 0.487. The lowest BCUT2D eigenvalue weighted by molar-refractivity contribution is -0.0257. The van der Waals surface area contributed by atoms with Crippen LogP contribution in [0.4, 0.5) is 0 Å². The number of pyridine rings is 1. The van der Waals surface area contributed by atoms with Gasteiger partial charge in [-0.25, -0.2) is 4.98 Å². The van der Waals surface area contributed by atoms with E-state index in [0.29, 0.717) is 11.7 Å². The third kappa shape index (κ3) is 3.70. The minimum absolute atomic E-state index is 0.0259. The molecule has 34 heavy (non-hydrogen) atoms. The number of H-pyrrole nitrogens is 1. The van der Waals surface area contributed by atoms with Crippen LogP contribution >= 0.6 is 11.3 Å². The first kappa shape index (κ1) is 21.4. The Balaban J connectivity index is 1.35. The number of likely N-dealkylation sites (tertiary alicyclic amines) is 1. The van der Waals surface area contributed by atoms with Crippen molar-refractivity contribution in [2.24, 2.45) is 0 Å². The van der Waals surface area contributed by atoms with E-state index in [1.165, 1.54) is 16.9 Å². The largest absolute Gasteiger partial charge is 0.379 e. The fraction of sp³-hybridized carbons (Fsp3) is 0.360. The summed E-state index contributed by atoms with van der Waals surface area (Å²) in [7, 11) is 0. The minimum atomic E-state index is -0.0259. The first-order valence-corrected chi connectivity index (χ1v) is 12.4. The van der Waals surface area contributed by atoms with Crippen LogP contribution in [0.15, 0.2) is 36.7 Å². The number of amides is 1. The van der Waals surface area contributed by atoms with E-state index in [4.69, 9.17) is 9.72 Å². The Morgan fingerprint density at radius 1 is 1.21 bits per heavy atom. The number of aryl methyl sites for hydroxylation is 2. The molecule has 2 aliphatic heterocycles. The van der Waals surface area contributed by atoms with Crippen molar-refractivity contribution in [3.05, 3.63) is 53.5 Å². The van der Waals surface area contributed by atoms with Gasteiger partial charge in [0.25, 0.3) is 5.91 Å². The number of rotatable bonds is 4. The van der Waals surface area contributed by atoms with Gasteiger partial charge in [0.2, 0.25) is 0 Å². The summed E-state index contributed by atoms with van der Waals surface area (Å²) in [6.07, 6.45) is 3.53. The average Bonchev–Trinajstić information content (AvgIpc) is 3.44. The number of nitrogens with one attached hydrogen (secondary N) is 1. The SMILES string of the molecule is Cc1cc(C)c2n[nH]c(-c3nc(C(=O)N4CC(N5CCOCC5)C4)c(-c4cccnc4)s3)c2c1. The molecule has 0 unspecified atom stereocenters. The molecule has 0 saturated carbocycles. The van der Waals surface area contributed by atoms with Gasteiger partial charge in [-0.2, -0.15) is 5.10 Å². The molecule has 0 atom stereocenters. The topological polar surface area (TPSA) is 87.2 Å². The number of aromatic amines is 1. The van der Waals surface area contributed by atoms with Gasteiger partial charge >= 0.3 is 0 Å². The highest BCUT2D eigenvalue weighted by molar-refractivity contribution is 7.18. The normalized spacial score (nSPS) is 17.3. The number of carbonyl (C=O) groups excluding carboxylic acids is 1. The molecule has 2 aliphatic rings. The van der Waals surface area contributed by atoms with Gasteiger partial charge < -0.3 is 9.64 Å². The van der Waals surface area contributed by atoms with Crippen LogP contribution in [-0.2, 0) is 4.74 Å². The lowest BCUT2D eigenvalue weighted by Gasteiger charge is -2.46. The minimum Gasteiger partial charge on any atom is -0.379 e. The molecule has 0 bridgehead atoms. The first-order chi connectivity index (χ1) is 16.6. The molecule has 0 spiro atoms. The van der Waals surface area contributed by atoms with Gasteiger partial charge in [0.05, 0.1) is 23.6 Å². The Hall–Kier alpha value is -3.14. The lowest BCUT2D eigenvalue weighted by atomic mass is 10.0. The van der Waals surface area contributed by atoms with Gasteiger partial charge in [0, 0.05) is 55.6 Å². The summed E-state index contributed by atoms with van der Waals surface area (Å²) in [6, 6.07) is 8.51. The summed E-state index contributed by atoms with van der Waals surface area (Å²) in [4.78, 5) is 27.9. The molecule has 1 N–H and O–H groups in total. The number of nitrogens with zero attached hydrogens (tertiary/aromatic N) is 5. The van der Waals surface area contributed by atoms with Crippen molar-refractivity contribution >= 4 is 28.1 Å². The Labute approximate surface area is 201 Å². The summed E-state index contributed by atoms with van der Waals surface area (Å²) in [6.45, 7) is 8.99. The Morgan fingerprint density at radius 2 is 2.03 bits per heavy atom. The Bertz CT molecular complexity index is 1350. The van der Waals surface area contributed by atoms with Crippen LogP contribution in [0.1, 0.15) is 21.6 Å². The highest BCUT2D eigenvalue weighted by Crippen LogP contribution is 2.38. The number of thiazole rings is 1. The predicted molar refractivity (Wildman–Crippen MR) is 132 cm³/mol. The summed E-state index contributed by atoms with van der Waals surface area (Å²) in [5.41, 5.74) is 5.46. The molecule has 6 rings (SSSR count). The number of hydrogen-bond acceptors (Lipinski definition) is 7. The molecule has 2 fully saturated rings. The van der Waals surface area contributed by atoms with Gasteiger partial charge in [0.15, 0.2) is 0 Å². The van der Waals surface area contributed by atoms with Crippen molar-refractivity contribution in [2.45, 2.75) is 19.9 Å². The van der Waals surface area contributed by atoms with Gasteiger partial charge in [-0.05, 0) is 31.5 Å². The van der Waals surface area contributed by atoms with Gasteiger partial charge in [-0.15, -0.1) is 11.3 Å². The van der Waals surface area contributed by atoms with Crippen molar-refractivity contribution in [2.75, 3.05) is 39.4 Å². The molecule has 2 saturated heterocycles. The number of hydrogen-bond donors (Lipinski definition) is 1. The molecule has 1 amide bonds. The molecule has 8 nitrogen and oxygen atoms in total. The number of aromatic nitrogens is 4. The number of morpholine rings is 1. The smallest absolute Gasteiger partial charge is 0.274 e. The molecule has 174 valence electrons. The molecule has 0 aliphatic carbocycles. The van der Waals surface area contributed by atoms with E-state index in [2.05, 4.69) is 46.1 Å². The van der Waals surface area contributed by atoms with Crippen LogP contribution < -0.4 is 0 Å². The van der Waals surface area contributed by atoms with Crippen molar-refractivity contribution in [3.8, 4) is 21.1 Å². The van der Waals surface area contributed by atoms with E-state index in [1.54, 1.807) is 12.4 Å². The van der Waals surface area contributed by atoms with Crippen molar-refractivity contribution < 1.29 is 9.53 Å². The lowest BCUT2D eigenvalue weighted by Crippen LogP contribution is -2.62. The molecule has 5 heterocycles. The van der Waals surface area contributed by atoms with Gasteiger partial charge in [-0.3, -0.25) is 19.8 Å². The number of fused-ring (bicyclic) bond motifs is 1. The summed E-state index contributed by atoms with van der Waals surface area (Å²) in [5.74, 6) is -0.0259. The summed E-state index contributed by atoms with van der Waals surface area (Å²) >= 11 is 1.51. The van der Waals surface area contributed by atoms with Crippen LogP contribution in [0.25, 0.3) is 32.0 Å². The second kappa shape index (κ2) is 8.57. The molecular formula is C25H26N6O2S. The molecular weight excluding hydrogens is 448 g/mol. The zero-order valence-corrected chi connectivity index (χ0v) is 20.1.